The van der Waals surface area contributed by atoms with E-state index in [1.165, 1.54) is 22.6 Å². The molecule has 0 aliphatic heterocycles. The molecule has 0 unspecified atom stereocenters. The summed E-state index contributed by atoms with van der Waals surface area (Å²) < 4.78 is 2.69. The Hall–Kier alpha value is -2.60. The first-order chi connectivity index (χ1) is 11.4. The third kappa shape index (κ3) is 2.59. The molecule has 0 atom stereocenters. The van der Waals surface area contributed by atoms with Gasteiger partial charge in [-0.2, -0.15) is 10.2 Å². The van der Waals surface area contributed by atoms with Crippen LogP contribution in [0.3, 0.4) is 0 Å². The fourth-order valence-electron chi connectivity index (χ4n) is 2.73. The predicted molar refractivity (Wildman–Crippen MR) is 92.8 cm³/mol. The second-order valence-corrected chi connectivity index (χ2v) is 5.94. The number of benzene rings is 1. The largest absolute Gasteiger partial charge is 0.504 e. The van der Waals surface area contributed by atoms with Crippen molar-refractivity contribution in [1.82, 2.24) is 19.6 Å². The Bertz CT molecular complexity index is 958. The molecule has 2 heterocycles. The molecule has 3 aromatic rings. The van der Waals surface area contributed by atoms with Gasteiger partial charge in [0.2, 0.25) is 0 Å². The summed E-state index contributed by atoms with van der Waals surface area (Å²) in [7, 11) is 1.54. The van der Waals surface area contributed by atoms with Crippen LogP contribution < -0.4 is 5.56 Å². The molecule has 7 heteroatoms. The third-order valence-corrected chi connectivity index (χ3v) is 4.25. The van der Waals surface area contributed by atoms with Crippen LogP contribution in [0.1, 0.15) is 18.2 Å². The molecular formula is C17H17ClN4O2. The number of hydrogen-bond donors (Lipinski definition) is 1. The minimum absolute atomic E-state index is 0.104. The molecule has 24 heavy (non-hydrogen) atoms. The minimum Gasteiger partial charge on any atom is -0.504 e. The van der Waals surface area contributed by atoms with Crippen molar-refractivity contribution in [3.05, 3.63) is 57.1 Å². The molecule has 0 saturated heterocycles. The number of halogens is 1. The highest BCUT2D eigenvalue weighted by atomic mass is 35.5. The van der Waals surface area contributed by atoms with E-state index in [-0.39, 0.29) is 11.4 Å². The normalized spacial score (nSPS) is 11.0. The lowest BCUT2D eigenvalue weighted by Gasteiger charge is -2.08. The average Bonchev–Trinajstić information content (AvgIpc) is 2.88. The highest BCUT2D eigenvalue weighted by Gasteiger charge is 2.20. The molecule has 2 aromatic heterocycles. The Balaban J connectivity index is 2.28. The highest BCUT2D eigenvalue weighted by Crippen LogP contribution is 2.29. The first-order valence-corrected chi connectivity index (χ1v) is 7.92. The van der Waals surface area contributed by atoms with Crippen molar-refractivity contribution in [2.75, 3.05) is 0 Å². The fraction of sp³-hybridized carbons (Fsp3) is 0.235. The van der Waals surface area contributed by atoms with Crippen LogP contribution in [0.15, 0.2) is 35.3 Å². The average molecular weight is 345 g/mol. The minimum atomic E-state index is -0.408. The van der Waals surface area contributed by atoms with E-state index in [0.717, 1.165) is 22.5 Å². The number of rotatable bonds is 3. The smallest absolute Gasteiger partial charge is 0.296 e. The summed E-state index contributed by atoms with van der Waals surface area (Å²) in [6.07, 6.45) is 1.91. The summed E-state index contributed by atoms with van der Waals surface area (Å²) in [5.74, 6) is -0.196. The predicted octanol–water partition coefficient (Wildman–Crippen LogP) is 2.86. The number of aryl methyl sites for hydroxylation is 1. The van der Waals surface area contributed by atoms with Gasteiger partial charge in [-0.1, -0.05) is 30.7 Å². The van der Waals surface area contributed by atoms with Gasteiger partial charge < -0.3 is 5.11 Å². The van der Waals surface area contributed by atoms with E-state index < -0.39 is 5.56 Å². The van der Waals surface area contributed by atoms with Crippen LogP contribution in [0.2, 0.25) is 5.02 Å². The van der Waals surface area contributed by atoms with Gasteiger partial charge in [0.25, 0.3) is 5.56 Å². The van der Waals surface area contributed by atoms with Crippen LogP contribution in [0.5, 0.6) is 5.75 Å². The van der Waals surface area contributed by atoms with Gasteiger partial charge in [-0.05, 0) is 31.0 Å². The molecular weight excluding hydrogens is 328 g/mol. The van der Waals surface area contributed by atoms with Crippen molar-refractivity contribution in [1.29, 1.82) is 0 Å². The Labute approximate surface area is 143 Å². The maximum Gasteiger partial charge on any atom is 0.296 e. The first kappa shape index (κ1) is 16.3. The molecule has 0 aliphatic carbocycles. The number of nitrogens with zero attached hydrogens (tertiary/aromatic N) is 4. The van der Waals surface area contributed by atoms with Crippen molar-refractivity contribution in [2.24, 2.45) is 7.05 Å². The van der Waals surface area contributed by atoms with Gasteiger partial charge in [0.15, 0.2) is 11.4 Å². The molecule has 3 rings (SSSR count). The van der Waals surface area contributed by atoms with E-state index in [4.69, 9.17) is 11.6 Å². The molecule has 0 fully saturated rings. The van der Waals surface area contributed by atoms with E-state index >= 15 is 0 Å². The lowest BCUT2D eigenvalue weighted by atomic mass is 10.1. The quantitative estimate of drug-likeness (QED) is 0.793. The first-order valence-electron chi connectivity index (χ1n) is 7.54. The molecule has 0 saturated carbocycles. The Morgan fingerprint density at radius 3 is 2.54 bits per heavy atom. The van der Waals surface area contributed by atoms with Gasteiger partial charge >= 0.3 is 0 Å². The monoisotopic (exact) mass is 344 g/mol. The maximum absolute atomic E-state index is 12.4. The standard InChI is InChI=1S/C17H17ClN4O2/c1-4-13-10(2)15(11-5-7-12(18)8-6-11)20-22(13)16-14(23)9-19-21(3)17(16)24/h5-9,23H,4H2,1-3H3. The van der Waals surface area contributed by atoms with Crippen molar-refractivity contribution in [3.63, 3.8) is 0 Å². The molecule has 0 bridgehead atoms. The zero-order chi connectivity index (χ0) is 17.4. The maximum atomic E-state index is 12.4. The van der Waals surface area contributed by atoms with Gasteiger partial charge in [0.1, 0.15) is 0 Å². The van der Waals surface area contributed by atoms with Crippen LogP contribution in [0.25, 0.3) is 16.9 Å². The van der Waals surface area contributed by atoms with E-state index in [1.807, 2.05) is 26.0 Å². The van der Waals surface area contributed by atoms with Crippen LogP contribution in [0.4, 0.5) is 0 Å². The van der Waals surface area contributed by atoms with Gasteiger partial charge in [-0.25, -0.2) is 9.36 Å². The van der Waals surface area contributed by atoms with E-state index in [9.17, 15) is 9.90 Å². The lowest BCUT2D eigenvalue weighted by Crippen LogP contribution is -2.25. The lowest BCUT2D eigenvalue weighted by molar-refractivity contribution is 0.457. The van der Waals surface area contributed by atoms with E-state index in [2.05, 4.69) is 10.2 Å². The molecule has 0 radical (unpaired) electrons. The van der Waals surface area contributed by atoms with Crippen LogP contribution >= 0.6 is 11.6 Å². The number of aromatic nitrogens is 4. The molecule has 0 aliphatic rings. The number of aromatic hydroxyl groups is 1. The van der Waals surface area contributed by atoms with Crippen molar-refractivity contribution in [3.8, 4) is 22.7 Å². The van der Waals surface area contributed by atoms with Crippen molar-refractivity contribution >= 4 is 11.6 Å². The molecule has 0 amide bonds. The zero-order valence-electron chi connectivity index (χ0n) is 13.6. The van der Waals surface area contributed by atoms with Crippen LogP contribution in [-0.4, -0.2) is 24.7 Å². The second kappa shape index (κ2) is 6.13. The van der Waals surface area contributed by atoms with Gasteiger partial charge in [0, 0.05) is 23.3 Å². The molecule has 0 spiro atoms. The van der Waals surface area contributed by atoms with Gasteiger partial charge in [0.05, 0.1) is 11.9 Å². The Morgan fingerprint density at radius 1 is 1.25 bits per heavy atom. The van der Waals surface area contributed by atoms with E-state index in [0.29, 0.717) is 11.4 Å². The van der Waals surface area contributed by atoms with E-state index in [1.54, 1.807) is 12.1 Å². The second-order valence-electron chi connectivity index (χ2n) is 5.50. The summed E-state index contributed by atoms with van der Waals surface area (Å²) in [5.41, 5.74) is 3.16. The Morgan fingerprint density at radius 2 is 1.92 bits per heavy atom. The van der Waals surface area contributed by atoms with Gasteiger partial charge in [-0.15, -0.1) is 0 Å². The van der Waals surface area contributed by atoms with Crippen molar-refractivity contribution in [2.45, 2.75) is 20.3 Å². The SMILES string of the molecule is CCc1c(C)c(-c2ccc(Cl)cc2)nn1-c1c(O)cnn(C)c1=O. The topological polar surface area (TPSA) is 72.9 Å². The zero-order valence-corrected chi connectivity index (χ0v) is 14.4. The third-order valence-electron chi connectivity index (χ3n) is 4.00. The number of hydrogen-bond acceptors (Lipinski definition) is 4. The summed E-state index contributed by atoms with van der Waals surface area (Å²) in [4.78, 5) is 12.4. The fourth-order valence-corrected chi connectivity index (χ4v) is 2.86. The molecule has 1 N–H and O–H groups in total. The van der Waals surface area contributed by atoms with Gasteiger partial charge in [-0.3, -0.25) is 4.79 Å². The summed E-state index contributed by atoms with van der Waals surface area (Å²) in [5, 5.41) is 19.2. The summed E-state index contributed by atoms with van der Waals surface area (Å²) in [6, 6.07) is 7.35. The van der Waals surface area contributed by atoms with Crippen LogP contribution in [-0.2, 0) is 13.5 Å². The highest BCUT2D eigenvalue weighted by molar-refractivity contribution is 6.30. The molecule has 6 nitrogen and oxygen atoms in total. The van der Waals surface area contributed by atoms with Crippen molar-refractivity contribution < 1.29 is 5.11 Å². The Kier molecular flexibility index (Phi) is 4.15. The molecule has 1 aromatic carbocycles. The van der Waals surface area contributed by atoms with Crippen LogP contribution in [0, 0.1) is 6.92 Å². The summed E-state index contributed by atoms with van der Waals surface area (Å²) >= 11 is 5.95. The summed E-state index contributed by atoms with van der Waals surface area (Å²) in [6.45, 7) is 3.93. The molecule has 124 valence electrons.